The van der Waals surface area contributed by atoms with Crippen LogP contribution in [0.5, 0.6) is 5.75 Å². The molecule has 1 aromatic carbocycles. The Morgan fingerprint density at radius 2 is 2.11 bits per heavy atom. The van der Waals surface area contributed by atoms with Gasteiger partial charge in [0.2, 0.25) is 0 Å². The third-order valence-electron chi connectivity index (χ3n) is 3.62. The summed E-state index contributed by atoms with van der Waals surface area (Å²) in [5.41, 5.74) is 1.34. The molecule has 1 saturated heterocycles. The molecule has 18 heavy (non-hydrogen) atoms. The van der Waals surface area contributed by atoms with E-state index in [9.17, 15) is 0 Å². The van der Waals surface area contributed by atoms with E-state index in [1.165, 1.54) is 31.5 Å². The van der Waals surface area contributed by atoms with Gasteiger partial charge >= 0.3 is 0 Å². The van der Waals surface area contributed by atoms with Gasteiger partial charge in [0.15, 0.2) is 0 Å². The van der Waals surface area contributed by atoms with Crippen molar-refractivity contribution in [2.45, 2.75) is 32.4 Å². The summed E-state index contributed by atoms with van der Waals surface area (Å²) in [4.78, 5) is 2.53. The lowest BCUT2D eigenvalue weighted by atomic mass is 10.0. The van der Waals surface area contributed by atoms with Crippen LogP contribution in [0.3, 0.4) is 0 Å². The first-order chi connectivity index (χ1) is 8.81. The Hall–Kier alpha value is -1.06. The Balaban J connectivity index is 1.83. The van der Waals surface area contributed by atoms with E-state index in [0.29, 0.717) is 0 Å². The van der Waals surface area contributed by atoms with Crippen molar-refractivity contribution in [3.8, 4) is 5.75 Å². The van der Waals surface area contributed by atoms with Crippen molar-refractivity contribution >= 4 is 0 Å². The van der Waals surface area contributed by atoms with Crippen LogP contribution in [0.4, 0.5) is 0 Å². The average molecular weight is 248 g/mol. The zero-order valence-electron chi connectivity index (χ0n) is 11.5. The third kappa shape index (κ3) is 3.72. The Kier molecular flexibility index (Phi) is 5.02. The van der Waals surface area contributed by atoms with Crippen LogP contribution in [-0.2, 0) is 6.54 Å². The molecule has 3 heteroatoms. The monoisotopic (exact) mass is 248 g/mol. The number of nitrogens with one attached hydrogen (secondary N) is 1. The van der Waals surface area contributed by atoms with Crippen molar-refractivity contribution < 1.29 is 4.74 Å². The lowest BCUT2D eigenvalue weighted by Crippen LogP contribution is -2.42. The molecule has 0 atom stereocenters. The van der Waals surface area contributed by atoms with E-state index >= 15 is 0 Å². The van der Waals surface area contributed by atoms with Crippen LogP contribution in [-0.4, -0.2) is 37.7 Å². The molecule has 0 spiro atoms. The number of rotatable bonds is 5. The molecule has 0 unspecified atom stereocenters. The molecule has 0 bridgehead atoms. The molecule has 0 saturated carbocycles. The Morgan fingerprint density at radius 3 is 2.78 bits per heavy atom. The predicted octanol–water partition coefficient (Wildman–Crippen LogP) is 2.27. The lowest BCUT2D eigenvalue weighted by molar-refractivity contribution is 0.191. The van der Waals surface area contributed by atoms with Crippen LogP contribution in [0, 0.1) is 0 Å². The minimum atomic E-state index is 0.719. The number of hydrogen-bond donors (Lipinski definition) is 1. The molecule has 2 rings (SSSR count). The van der Waals surface area contributed by atoms with Gasteiger partial charge in [0, 0.05) is 12.6 Å². The molecular weight excluding hydrogens is 224 g/mol. The predicted molar refractivity (Wildman–Crippen MR) is 75.0 cm³/mol. The molecular formula is C15H24N2O. The first kappa shape index (κ1) is 13.4. The van der Waals surface area contributed by atoms with Crippen LogP contribution < -0.4 is 10.1 Å². The molecule has 3 nitrogen and oxygen atoms in total. The van der Waals surface area contributed by atoms with Gasteiger partial charge in [-0.3, -0.25) is 4.90 Å². The van der Waals surface area contributed by atoms with Gasteiger partial charge in [0.25, 0.3) is 0 Å². The maximum Gasteiger partial charge on any atom is 0.119 e. The van der Waals surface area contributed by atoms with E-state index in [4.69, 9.17) is 4.74 Å². The third-order valence-corrected chi connectivity index (χ3v) is 3.62. The van der Waals surface area contributed by atoms with E-state index in [1.54, 1.807) is 7.11 Å². The largest absolute Gasteiger partial charge is 0.497 e. The highest BCUT2D eigenvalue weighted by Crippen LogP contribution is 2.17. The second-order valence-corrected chi connectivity index (χ2v) is 4.96. The van der Waals surface area contributed by atoms with Crippen molar-refractivity contribution in [3.63, 3.8) is 0 Å². The van der Waals surface area contributed by atoms with E-state index in [1.807, 2.05) is 6.07 Å². The highest BCUT2D eigenvalue weighted by atomic mass is 16.5. The summed E-state index contributed by atoms with van der Waals surface area (Å²) in [6.45, 7) is 6.68. The molecule has 0 radical (unpaired) electrons. The zero-order valence-corrected chi connectivity index (χ0v) is 11.5. The van der Waals surface area contributed by atoms with Gasteiger partial charge in [0.05, 0.1) is 7.11 Å². The lowest BCUT2D eigenvalue weighted by Gasteiger charge is -2.32. The molecule has 1 aromatic rings. The van der Waals surface area contributed by atoms with E-state index in [0.717, 1.165) is 24.9 Å². The number of piperidine rings is 1. The fourth-order valence-electron chi connectivity index (χ4n) is 2.61. The normalized spacial score (nSPS) is 17.9. The average Bonchev–Trinajstić information content (AvgIpc) is 2.42. The van der Waals surface area contributed by atoms with Crippen molar-refractivity contribution in [1.82, 2.24) is 10.2 Å². The first-order valence-corrected chi connectivity index (χ1v) is 6.90. The van der Waals surface area contributed by atoms with E-state index in [-0.39, 0.29) is 0 Å². The summed E-state index contributed by atoms with van der Waals surface area (Å²) in [5, 5.41) is 3.54. The minimum Gasteiger partial charge on any atom is -0.497 e. The molecule has 1 aliphatic heterocycles. The van der Waals surface area contributed by atoms with Gasteiger partial charge in [-0.2, -0.15) is 0 Å². The van der Waals surface area contributed by atoms with Crippen LogP contribution in [0.2, 0.25) is 0 Å². The second kappa shape index (κ2) is 6.76. The van der Waals surface area contributed by atoms with Crippen molar-refractivity contribution in [2.75, 3.05) is 26.7 Å². The number of hydrogen-bond acceptors (Lipinski definition) is 3. The number of nitrogens with zero attached hydrogens (tertiary/aromatic N) is 1. The van der Waals surface area contributed by atoms with E-state index < -0.39 is 0 Å². The molecule has 1 fully saturated rings. The highest BCUT2D eigenvalue weighted by Gasteiger charge is 2.18. The van der Waals surface area contributed by atoms with Gasteiger partial charge in [-0.05, 0) is 50.2 Å². The van der Waals surface area contributed by atoms with Crippen molar-refractivity contribution in [3.05, 3.63) is 29.8 Å². The Bertz CT molecular complexity index is 359. The summed E-state index contributed by atoms with van der Waals surface area (Å²) >= 11 is 0. The molecule has 1 heterocycles. The van der Waals surface area contributed by atoms with Crippen LogP contribution in [0.15, 0.2) is 24.3 Å². The van der Waals surface area contributed by atoms with Crippen LogP contribution in [0.1, 0.15) is 25.3 Å². The molecule has 1 aliphatic rings. The molecule has 100 valence electrons. The minimum absolute atomic E-state index is 0.719. The van der Waals surface area contributed by atoms with Crippen LogP contribution >= 0.6 is 0 Å². The van der Waals surface area contributed by atoms with Crippen LogP contribution in [0.25, 0.3) is 0 Å². The number of likely N-dealkylation sites (tertiary alicyclic amines) is 1. The van der Waals surface area contributed by atoms with Gasteiger partial charge in [0.1, 0.15) is 5.75 Å². The van der Waals surface area contributed by atoms with Gasteiger partial charge < -0.3 is 10.1 Å². The Morgan fingerprint density at radius 1 is 1.33 bits per heavy atom. The topological polar surface area (TPSA) is 24.5 Å². The number of ether oxygens (including phenoxy) is 1. The summed E-state index contributed by atoms with van der Waals surface area (Å²) in [6.07, 6.45) is 2.52. The van der Waals surface area contributed by atoms with E-state index in [2.05, 4.69) is 35.3 Å². The molecule has 0 aliphatic carbocycles. The number of methoxy groups -OCH3 is 1. The maximum absolute atomic E-state index is 5.26. The Labute approximate surface area is 110 Å². The zero-order chi connectivity index (χ0) is 12.8. The molecule has 0 aromatic heterocycles. The molecule has 1 N–H and O–H groups in total. The fraction of sp³-hybridized carbons (Fsp3) is 0.600. The SMILES string of the molecule is CCNC1CCN(Cc2cccc(OC)c2)CC1. The van der Waals surface area contributed by atoms with Crippen molar-refractivity contribution in [2.24, 2.45) is 0 Å². The standard InChI is InChI=1S/C15H24N2O/c1-3-16-14-7-9-17(10-8-14)12-13-5-4-6-15(11-13)18-2/h4-6,11,14,16H,3,7-10,12H2,1-2H3. The van der Waals surface area contributed by atoms with Gasteiger partial charge in [-0.1, -0.05) is 19.1 Å². The van der Waals surface area contributed by atoms with Gasteiger partial charge in [-0.15, -0.1) is 0 Å². The van der Waals surface area contributed by atoms with Crippen molar-refractivity contribution in [1.29, 1.82) is 0 Å². The first-order valence-electron chi connectivity index (χ1n) is 6.90. The number of benzene rings is 1. The molecule has 0 amide bonds. The summed E-state index contributed by atoms with van der Waals surface area (Å²) in [6, 6.07) is 9.10. The maximum atomic E-state index is 5.26. The second-order valence-electron chi connectivity index (χ2n) is 4.96. The highest BCUT2D eigenvalue weighted by molar-refractivity contribution is 5.28. The quantitative estimate of drug-likeness (QED) is 0.865. The summed E-state index contributed by atoms with van der Waals surface area (Å²) in [5.74, 6) is 0.954. The summed E-state index contributed by atoms with van der Waals surface area (Å²) in [7, 11) is 1.72. The fourth-order valence-corrected chi connectivity index (χ4v) is 2.61. The van der Waals surface area contributed by atoms with Gasteiger partial charge in [-0.25, -0.2) is 0 Å². The summed E-state index contributed by atoms with van der Waals surface area (Å²) < 4.78 is 5.26. The smallest absolute Gasteiger partial charge is 0.119 e.